The van der Waals surface area contributed by atoms with E-state index in [-0.39, 0.29) is 27.7 Å². The highest BCUT2D eigenvalue weighted by molar-refractivity contribution is 7.92. The molecule has 0 aliphatic rings. The Morgan fingerprint density at radius 1 is 1.07 bits per heavy atom. The smallest absolute Gasteiger partial charge is 0.261 e. The maximum Gasteiger partial charge on any atom is 0.261 e. The van der Waals surface area contributed by atoms with E-state index >= 15 is 0 Å². The van der Waals surface area contributed by atoms with Gasteiger partial charge in [-0.2, -0.15) is 0 Å². The van der Waals surface area contributed by atoms with E-state index in [2.05, 4.69) is 10.0 Å². The highest BCUT2D eigenvalue weighted by Gasteiger charge is 2.17. The number of halogens is 2. The molecule has 3 aromatic carbocycles. The van der Waals surface area contributed by atoms with Crippen molar-refractivity contribution in [3.63, 3.8) is 0 Å². The molecular weight excluding hydrogens is 431 g/mol. The molecule has 0 unspecified atom stereocenters. The third kappa shape index (κ3) is 5.08. The summed E-state index contributed by atoms with van der Waals surface area (Å²) in [5.41, 5.74) is 1.04. The number of hydrogen-bond donors (Lipinski definition) is 2. The van der Waals surface area contributed by atoms with Gasteiger partial charge in [0.05, 0.1) is 22.7 Å². The molecule has 0 saturated heterocycles. The predicted molar refractivity (Wildman–Crippen MR) is 113 cm³/mol. The van der Waals surface area contributed by atoms with E-state index in [1.807, 2.05) is 18.2 Å². The molecule has 0 heterocycles. The number of methoxy groups -OCH3 is 1. The lowest BCUT2D eigenvalue weighted by Gasteiger charge is -2.12. The maximum absolute atomic E-state index is 13.1. The van der Waals surface area contributed by atoms with Gasteiger partial charge in [0, 0.05) is 17.7 Å². The maximum atomic E-state index is 13.1. The normalized spacial score (nSPS) is 11.0. The number of sulfonamides is 1. The molecule has 0 fully saturated rings. The molecule has 2 N–H and O–H groups in total. The number of amides is 1. The molecule has 3 rings (SSSR count). The van der Waals surface area contributed by atoms with Gasteiger partial charge < -0.3 is 10.1 Å². The molecule has 9 heteroatoms. The van der Waals surface area contributed by atoms with Gasteiger partial charge in [-0.15, -0.1) is 0 Å². The van der Waals surface area contributed by atoms with Crippen molar-refractivity contribution in [3.05, 3.63) is 88.7 Å². The number of benzene rings is 3. The number of hydrogen-bond acceptors (Lipinski definition) is 4. The Kier molecular flexibility index (Phi) is 6.59. The summed E-state index contributed by atoms with van der Waals surface area (Å²) in [4.78, 5) is 12.4. The molecule has 0 radical (unpaired) electrons. The van der Waals surface area contributed by atoms with Crippen molar-refractivity contribution in [2.75, 3.05) is 11.8 Å². The zero-order chi connectivity index (χ0) is 21.7. The van der Waals surface area contributed by atoms with Gasteiger partial charge in [-0.25, -0.2) is 12.8 Å². The first-order valence-corrected chi connectivity index (χ1v) is 10.6. The molecule has 0 aromatic heterocycles. The summed E-state index contributed by atoms with van der Waals surface area (Å²) in [6.07, 6.45) is 0. The van der Waals surface area contributed by atoms with E-state index in [4.69, 9.17) is 16.3 Å². The topological polar surface area (TPSA) is 84.5 Å². The van der Waals surface area contributed by atoms with Crippen LogP contribution in [-0.2, 0) is 16.6 Å². The summed E-state index contributed by atoms with van der Waals surface area (Å²) >= 11 is 6.10. The number of para-hydroxylation sites is 1. The summed E-state index contributed by atoms with van der Waals surface area (Å²) in [7, 11) is -2.47. The molecule has 0 aliphatic heterocycles. The molecule has 6 nitrogen and oxygen atoms in total. The summed E-state index contributed by atoms with van der Waals surface area (Å²) in [6.45, 7) is 0.224. The fourth-order valence-corrected chi connectivity index (χ4v) is 3.98. The number of carbonyl (C=O) groups excluding carboxylic acids is 1. The van der Waals surface area contributed by atoms with Crippen LogP contribution in [0.4, 0.5) is 10.1 Å². The lowest BCUT2D eigenvalue weighted by atomic mass is 10.1. The predicted octanol–water partition coefficient (Wildman–Crippen LogP) is 4.22. The zero-order valence-electron chi connectivity index (χ0n) is 15.9. The molecule has 0 atom stereocenters. The van der Waals surface area contributed by atoms with Crippen LogP contribution in [0.15, 0.2) is 71.6 Å². The van der Waals surface area contributed by atoms with Gasteiger partial charge in [0.25, 0.3) is 15.9 Å². The van der Waals surface area contributed by atoms with Crippen molar-refractivity contribution in [1.29, 1.82) is 0 Å². The van der Waals surface area contributed by atoms with Crippen molar-refractivity contribution in [2.24, 2.45) is 0 Å². The van der Waals surface area contributed by atoms with Gasteiger partial charge in [0.1, 0.15) is 11.6 Å². The quantitative estimate of drug-likeness (QED) is 0.566. The molecule has 30 heavy (non-hydrogen) atoms. The molecule has 0 aliphatic carbocycles. The van der Waals surface area contributed by atoms with Crippen molar-refractivity contribution < 1.29 is 22.3 Å². The largest absolute Gasteiger partial charge is 0.496 e. The number of carbonyl (C=O) groups is 1. The van der Waals surface area contributed by atoms with Crippen molar-refractivity contribution in [3.8, 4) is 5.75 Å². The number of ether oxygens (including phenoxy) is 1. The average Bonchev–Trinajstić information content (AvgIpc) is 2.74. The SMILES string of the molecule is COc1ccccc1CNC(=O)c1ccc(Cl)c(NS(=O)(=O)c2ccc(F)cc2)c1. The Balaban J connectivity index is 1.77. The summed E-state index contributed by atoms with van der Waals surface area (Å²) in [6, 6.07) is 15.8. The van der Waals surface area contributed by atoms with Crippen LogP contribution >= 0.6 is 11.6 Å². The van der Waals surface area contributed by atoms with Gasteiger partial charge in [-0.05, 0) is 48.5 Å². The number of anilines is 1. The van der Waals surface area contributed by atoms with E-state index in [1.165, 1.54) is 18.2 Å². The highest BCUT2D eigenvalue weighted by atomic mass is 35.5. The first-order chi connectivity index (χ1) is 14.3. The highest BCUT2D eigenvalue weighted by Crippen LogP contribution is 2.26. The molecular formula is C21H18ClFN2O4S. The Bertz CT molecular complexity index is 1170. The minimum atomic E-state index is -4.01. The Hall–Kier alpha value is -3.10. The molecule has 3 aromatic rings. The standard InChI is InChI=1S/C21H18ClFN2O4S/c1-29-20-5-3-2-4-15(20)13-24-21(26)14-6-11-18(22)19(12-14)25-30(27,28)17-9-7-16(23)8-10-17/h2-12,25H,13H2,1H3,(H,24,26). The third-order valence-electron chi connectivity index (χ3n) is 4.23. The first-order valence-electron chi connectivity index (χ1n) is 8.78. The molecule has 0 bridgehead atoms. The first kappa shape index (κ1) is 21.6. The van der Waals surface area contributed by atoms with Crippen LogP contribution in [0.25, 0.3) is 0 Å². The molecule has 0 saturated carbocycles. The van der Waals surface area contributed by atoms with Gasteiger partial charge in [0.2, 0.25) is 0 Å². The van der Waals surface area contributed by atoms with Crippen molar-refractivity contribution in [1.82, 2.24) is 5.32 Å². The second-order valence-corrected chi connectivity index (χ2v) is 8.34. The molecule has 0 spiro atoms. The van der Waals surface area contributed by atoms with Gasteiger partial charge in [-0.1, -0.05) is 29.8 Å². The number of rotatable bonds is 7. The Labute approximate surface area is 178 Å². The van der Waals surface area contributed by atoms with E-state index < -0.39 is 21.7 Å². The summed E-state index contributed by atoms with van der Waals surface area (Å²) in [5.74, 6) is -0.331. The van der Waals surface area contributed by atoms with Crippen LogP contribution in [0.2, 0.25) is 5.02 Å². The van der Waals surface area contributed by atoms with E-state index in [9.17, 15) is 17.6 Å². The van der Waals surface area contributed by atoms with E-state index in [1.54, 1.807) is 13.2 Å². The average molecular weight is 449 g/mol. The van der Waals surface area contributed by atoms with Crippen LogP contribution in [0.3, 0.4) is 0 Å². The summed E-state index contributed by atoms with van der Waals surface area (Å²) in [5, 5.41) is 2.87. The lowest BCUT2D eigenvalue weighted by molar-refractivity contribution is 0.0950. The van der Waals surface area contributed by atoms with Gasteiger partial charge >= 0.3 is 0 Å². The molecule has 1 amide bonds. The van der Waals surface area contributed by atoms with Crippen LogP contribution in [0, 0.1) is 5.82 Å². The zero-order valence-corrected chi connectivity index (χ0v) is 17.4. The minimum Gasteiger partial charge on any atom is -0.496 e. The Morgan fingerprint density at radius 2 is 1.77 bits per heavy atom. The monoisotopic (exact) mass is 448 g/mol. The fraction of sp³-hybridized carbons (Fsp3) is 0.0952. The number of nitrogens with one attached hydrogen (secondary N) is 2. The minimum absolute atomic E-state index is 0.0333. The summed E-state index contributed by atoms with van der Waals surface area (Å²) < 4.78 is 45.7. The van der Waals surface area contributed by atoms with Crippen LogP contribution in [-0.4, -0.2) is 21.4 Å². The van der Waals surface area contributed by atoms with Crippen LogP contribution < -0.4 is 14.8 Å². The molecule has 156 valence electrons. The fourth-order valence-electron chi connectivity index (χ4n) is 2.69. The van der Waals surface area contributed by atoms with Crippen molar-refractivity contribution >= 4 is 33.2 Å². The van der Waals surface area contributed by atoms with E-state index in [0.717, 1.165) is 29.8 Å². The van der Waals surface area contributed by atoms with E-state index in [0.29, 0.717) is 5.75 Å². The second kappa shape index (κ2) is 9.15. The third-order valence-corrected chi connectivity index (χ3v) is 5.94. The lowest BCUT2D eigenvalue weighted by Crippen LogP contribution is -2.23. The second-order valence-electron chi connectivity index (χ2n) is 6.25. The van der Waals surface area contributed by atoms with Gasteiger partial charge in [-0.3, -0.25) is 9.52 Å². The van der Waals surface area contributed by atoms with Gasteiger partial charge in [0.15, 0.2) is 0 Å². The van der Waals surface area contributed by atoms with Crippen LogP contribution in [0.1, 0.15) is 15.9 Å². The van der Waals surface area contributed by atoms with Crippen molar-refractivity contribution in [2.45, 2.75) is 11.4 Å². The Morgan fingerprint density at radius 3 is 2.47 bits per heavy atom. The van der Waals surface area contributed by atoms with Crippen LogP contribution in [0.5, 0.6) is 5.75 Å².